The van der Waals surface area contributed by atoms with E-state index in [2.05, 4.69) is 43.7 Å². The van der Waals surface area contributed by atoms with Crippen molar-refractivity contribution < 1.29 is 4.74 Å². The fraction of sp³-hybridized carbons (Fsp3) is 0.536. The molecule has 1 aliphatic carbocycles. The van der Waals surface area contributed by atoms with Gasteiger partial charge in [-0.1, -0.05) is 93.8 Å². The van der Waals surface area contributed by atoms with Crippen LogP contribution in [0.15, 0.2) is 42.5 Å². The van der Waals surface area contributed by atoms with Gasteiger partial charge in [-0.15, -0.1) is 0 Å². The van der Waals surface area contributed by atoms with Crippen molar-refractivity contribution in [3.05, 3.63) is 59.5 Å². The summed E-state index contributed by atoms with van der Waals surface area (Å²) in [6, 6.07) is 15.3. The zero-order valence-corrected chi connectivity index (χ0v) is 19.4. The van der Waals surface area contributed by atoms with Gasteiger partial charge in [-0.05, 0) is 73.3 Å². The Bertz CT molecular complexity index is 731. The highest BCUT2D eigenvalue weighted by molar-refractivity contribution is 6.32. The predicted molar refractivity (Wildman–Crippen MR) is 131 cm³/mol. The van der Waals surface area contributed by atoms with Gasteiger partial charge in [0.05, 0.1) is 11.6 Å². The summed E-state index contributed by atoms with van der Waals surface area (Å²) in [6.45, 7) is 3.02. The molecule has 1 radical (unpaired) electrons. The van der Waals surface area contributed by atoms with E-state index in [1.807, 2.05) is 12.1 Å². The van der Waals surface area contributed by atoms with Crippen LogP contribution in [0.5, 0.6) is 5.75 Å². The zero-order chi connectivity index (χ0) is 21.0. The van der Waals surface area contributed by atoms with Crippen LogP contribution in [0.4, 0.5) is 0 Å². The lowest BCUT2D eigenvalue weighted by Crippen LogP contribution is -2.04. The molecule has 0 aromatic heterocycles. The van der Waals surface area contributed by atoms with E-state index in [-0.39, 0.29) is 0 Å². The number of unbranched alkanes of at least 4 members (excludes halogenated alkanes) is 7. The van der Waals surface area contributed by atoms with E-state index in [1.165, 1.54) is 81.8 Å². The van der Waals surface area contributed by atoms with Gasteiger partial charge in [0, 0.05) is 0 Å². The molecule has 2 aromatic carbocycles. The minimum atomic E-state index is 0.707. The van der Waals surface area contributed by atoms with Gasteiger partial charge in [-0.25, -0.2) is 0 Å². The van der Waals surface area contributed by atoms with Gasteiger partial charge in [-0.2, -0.15) is 0 Å². The molecule has 3 rings (SSSR count). The lowest BCUT2D eigenvalue weighted by Gasteiger charge is -2.22. The monoisotopic (exact) mass is 425 g/mol. The first-order chi connectivity index (χ1) is 14.8. The van der Waals surface area contributed by atoms with Gasteiger partial charge in [0.25, 0.3) is 0 Å². The van der Waals surface area contributed by atoms with Crippen molar-refractivity contribution in [3.8, 4) is 16.9 Å². The summed E-state index contributed by atoms with van der Waals surface area (Å²) >= 11 is 6.51. The van der Waals surface area contributed by atoms with Crippen molar-refractivity contribution >= 4 is 11.6 Å². The van der Waals surface area contributed by atoms with Crippen LogP contribution in [0.2, 0.25) is 5.02 Å². The molecule has 0 atom stereocenters. The van der Waals surface area contributed by atoms with E-state index < -0.39 is 0 Å². The summed E-state index contributed by atoms with van der Waals surface area (Å²) < 4.78 is 5.94. The summed E-state index contributed by atoms with van der Waals surface area (Å²) in [6.07, 6.45) is 18.0. The predicted octanol–water partition coefficient (Wildman–Crippen LogP) is 9.39. The van der Waals surface area contributed by atoms with Crippen LogP contribution in [0.25, 0.3) is 11.1 Å². The second-order valence-corrected chi connectivity index (χ2v) is 9.14. The normalized spacial score (nSPS) is 14.7. The lowest BCUT2D eigenvalue weighted by molar-refractivity contribution is 0.304. The van der Waals surface area contributed by atoms with E-state index >= 15 is 0 Å². The molecule has 1 nitrogen and oxygen atoms in total. The van der Waals surface area contributed by atoms with Crippen LogP contribution >= 0.6 is 11.6 Å². The number of hydrogen-bond acceptors (Lipinski definition) is 1. The second kappa shape index (κ2) is 13.1. The van der Waals surface area contributed by atoms with Crippen molar-refractivity contribution in [1.29, 1.82) is 0 Å². The highest BCUT2D eigenvalue weighted by atomic mass is 35.5. The maximum Gasteiger partial charge on any atom is 0.137 e. The SMILES string of the molecule is CCCCCCCCCCOc1ccc(-c2ccc(C3CC[CH]CC3)cc2)cc1Cl. The van der Waals surface area contributed by atoms with Crippen LogP contribution in [0, 0.1) is 6.42 Å². The maximum atomic E-state index is 6.51. The molecule has 0 aliphatic heterocycles. The van der Waals surface area contributed by atoms with E-state index in [0.717, 1.165) is 30.3 Å². The van der Waals surface area contributed by atoms with Crippen LogP contribution in [0.1, 0.15) is 95.5 Å². The highest BCUT2D eigenvalue weighted by Crippen LogP contribution is 2.34. The Kier molecular flexibility index (Phi) is 10.1. The summed E-state index contributed by atoms with van der Waals surface area (Å²) in [5.41, 5.74) is 3.85. The Balaban J connectivity index is 1.43. The van der Waals surface area contributed by atoms with E-state index in [0.29, 0.717) is 5.02 Å². The number of benzene rings is 2. The van der Waals surface area contributed by atoms with Crippen molar-refractivity contribution in [2.24, 2.45) is 0 Å². The topological polar surface area (TPSA) is 9.23 Å². The Labute approximate surface area is 189 Å². The van der Waals surface area contributed by atoms with Gasteiger partial charge >= 0.3 is 0 Å². The number of ether oxygens (including phenoxy) is 1. The number of rotatable bonds is 12. The van der Waals surface area contributed by atoms with Crippen molar-refractivity contribution in [3.63, 3.8) is 0 Å². The van der Waals surface area contributed by atoms with Crippen molar-refractivity contribution in [2.75, 3.05) is 6.61 Å². The van der Waals surface area contributed by atoms with Crippen LogP contribution < -0.4 is 4.74 Å². The highest BCUT2D eigenvalue weighted by Gasteiger charge is 2.15. The number of hydrogen-bond donors (Lipinski definition) is 0. The summed E-state index contributed by atoms with van der Waals surface area (Å²) in [7, 11) is 0. The fourth-order valence-corrected chi connectivity index (χ4v) is 4.66. The van der Waals surface area contributed by atoms with Crippen LogP contribution in [-0.2, 0) is 0 Å². The molecule has 1 saturated carbocycles. The molecule has 2 aromatic rings. The molecule has 0 amide bonds. The third kappa shape index (κ3) is 7.34. The summed E-state index contributed by atoms with van der Waals surface area (Å²) in [5, 5.41) is 0.707. The van der Waals surface area contributed by atoms with Gasteiger partial charge in [0.1, 0.15) is 5.75 Å². The molecule has 0 spiro atoms. The van der Waals surface area contributed by atoms with Crippen molar-refractivity contribution in [2.45, 2.75) is 89.9 Å². The Morgan fingerprint density at radius 1 is 0.800 bits per heavy atom. The average molecular weight is 426 g/mol. The Morgan fingerprint density at radius 2 is 1.43 bits per heavy atom. The number of halogens is 1. The fourth-order valence-electron chi connectivity index (χ4n) is 4.42. The van der Waals surface area contributed by atoms with E-state index in [9.17, 15) is 0 Å². The Hall–Kier alpha value is -1.47. The van der Waals surface area contributed by atoms with Crippen LogP contribution in [0.3, 0.4) is 0 Å². The van der Waals surface area contributed by atoms with Gasteiger partial charge in [0.15, 0.2) is 0 Å². The van der Waals surface area contributed by atoms with Gasteiger partial charge in [-0.3, -0.25) is 0 Å². The quantitative estimate of drug-likeness (QED) is 0.307. The van der Waals surface area contributed by atoms with Gasteiger partial charge < -0.3 is 4.74 Å². The van der Waals surface area contributed by atoms with E-state index in [4.69, 9.17) is 16.3 Å². The molecule has 1 aliphatic rings. The first-order valence-corrected chi connectivity index (χ1v) is 12.5. The molecule has 0 N–H and O–H groups in total. The molecule has 163 valence electrons. The van der Waals surface area contributed by atoms with E-state index in [1.54, 1.807) is 0 Å². The minimum absolute atomic E-state index is 0.707. The molecule has 0 bridgehead atoms. The lowest BCUT2D eigenvalue weighted by atomic mass is 9.84. The zero-order valence-electron chi connectivity index (χ0n) is 18.7. The average Bonchev–Trinajstić information content (AvgIpc) is 2.79. The van der Waals surface area contributed by atoms with Gasteiger partial charge in [0.2, 0.25) is 0 Å². The second-order valence-electron chi connectivity index (χ2n) is 8.73. The first-order valence-electron chi connectivity index (χ1n) is 12.1. The molecule has 30 heavy (non-hydrogen) atoms. The summed E-state index contributed by atoms with van der Waals surface area (Å²) in [4.78, 5) is 0. The van der Waals surface area contributed by atoms with Crippen LogP contribution in [-0.4, -0.2) is 6.61 Å². The minimum Gasteiger partial charge on any atom is -0.492 e. The first kappa shape index (κ1) is 23.2. The molecular weight excluding hydrogens is 388 g/mol. The molecule has 0 saturated heterocycles. The largest absolute Gasteiger partial charge is 0.492 e. The molecule has 0 heterocycles. The summed E-state index contributed by atoms with van der Waals surface area (Å²) in [5.74, 6) is 1.53. The molecule has 2 heteroatoms. The third-order valence-corrected chi connectivity index (χ3v) is 6.64. The molecule has 0 unspecified atom stereocenters. The molecule has 1 fully saturated rings. The molecular formula is C28H38ClO. The maximum absolute atomic E-state index is 6.51. The van der Waals surface area contributed by atoms with Crippen molar-refractivity contribution in [1.82, 2.24) is 0 Å². The third-order valence-electron chi connectivity index (χ3n) is 6.34. The standard InChI is InChI=1S/C28H38ClO/c1-2-3-4-5-6-7-8-12-21-30-28-20-19-26(22-27(28)29)25-17-15-24(16-18-25)23-13-10-9-11-14-23/h9,15-20,22-23H,2-8,10-14,21H2,1H3. The smallest absolute Gasteiger partial charge is 0.137 e. The Morgan fingerprint density at radius 3 is 2.10 bits per heavy atom.